The van der Waals surface area contributed by atoms with Crippen molar-refractivity contribution in [3.63, 3.8) is 0 Å². The van der Waals surface area contributed by atoms with E-state index >= 15 is 0 Å². The highest BCUT2D eigenvalue weighted by molar-refractivity contribution is 5.31. The van der Waals surface area contributed by atoms with Gasteiger partial charge in [-0.1, -0.05) is 59.3 Å². The predicted molar refractivity (Wildman–Crippen MR) is 83.3 cm³/mol. The zero-order valence-electron chi connectivity index (χ0n) is 13.0. The van der Waals surface area contributed by atoms with Crippen LogP contribution in [-0.2, 0) is 6.42 Å². The largest absolute Gasteiger partial charge is 0.384 e. The third-order valence-corrected chi connectivity index (χ3v) is 3.68. The zero-order valence-corrected chi connectivity index (χ0v) is 13.0. The molecule has 1 rings (SSSR count). The second-order valence-corrected chi connectivity index (χ2v) is 5.55. The van der Waals surface area contributed by atoms with E-state index in [2.05, 4.69) is 31.5 Å². The van der Waals surface area contributed by atoms with E-state index in [-0.39, 0.29) is 0 Å². The predicted octanol–water partition coefficient (Wildman–Crippen LogP) is 4.73. The molecule has 0 aromatic carbocycles. The van der Waals surface area contributed by atoms with Crippen molar-refractivity contribution in [1.29, 1.82) is 0 Å². The Hall–Kier alpha value is -0.990. The number of nitrogen functional groups attached to an aromatic ring is 1. The second-order valence-electron chi connectivity index (χ2n) is 5.55. The summed E-state index contributed by atoms with van der Waals surface area (Å²) in [4.78, 5) is 0. The molecule has 1 aromatic rings. The average molecular weight is 265 g/mol. The quantitative estimate of drug-likeness (QED) is 0.621. The van der Waals surface area contributed by atoms with E-state index in [0.29, 0.717) is 6.04 Å². The molecule has 1 heterocycles. The molecule has 0 saturated heterocycles. The third-order valence-electron chi connectivity index (χ3n) is 3.68. The lowest BCUT2D eigenvalue weighted by Crippen LogP contribution is -2.13. The number of nitrogens with two attached hydrogens (primary N) is 1. The van der Waals surface area contributed by atoms with Crippen molar-refractivity contribution >= 4 is 5.82 Å². The summed E-state index contributed by atoms with van der Waals surface area (Å²) in [6, 6.07) is 2.55. The Kier molecular flexibility index (Phi) is 7.61. The monoisotopic (exact) mass is 265 g/mol. The first-order valence-electron chi connectivity index (χ1n) is 8.06. The Morgan fingerprint density at radius 3 is 2.47 bits per heavy atom. The van der Waals surface area contributed by atoms with Crippen molar-refractivity contribution in [1.82, 2.24) is 9.78 Å². The van der Waals surface area contributed by atoms with Crippen molar-refractivity contribution < 1.29 is 0 Å². The standard InChI is InChI=1S/C16H31N3/c1-4-7-8-9-12-15(11-6-3)19-16(17)13-14(18-19)10-5-2/h13,15H,4-12,17H2,1-3H3. The first-order valence-corrected chi connectivity index (χ1v) is 8.06. The highest BCUT2D eigenvalue weighted by Crippen LogP contribution is 2.24. The van der Waals surface area contributed by atoms with Gasteiger partial charge in [-0.3, -0.25) is 0 Å². The van der Waals surface area contributed by atoms with Gasteiger partial charge in [-0.2, -0.15) is 5.10 Å². The first kappa shape index (κ1) is 16.1. The van der Waals surface area contributed by atoms with Crippen molar-refractivity contribution in [3.8, 4) is 0 Å². The SMILES string of the molecule is CCCCCCC(CCC)n1nc(CCC)cc1N. The summed E-state index contributed by atoms with van der Waals surface area (Å²) in [5.41, 5.74) is 7.28. The van der Waals surface area contributed by atoms with E-state index in [1.54, 1.807) is 0 Å². The van der Waals surface area contributed by atoms with E-state index in [4.69, 9.17) is 10.8 Å². The minimum atomic E-state index is 0.493. The van der Waals surface area contributed by atoms with E-state index in [1.165, 1.54) is 44.9 Å². The average Bonchev–Trinajstić information content (AvgIpc) is 2.75. The number of rotatable bonds is 10. The number of aromatic nitrogens is 2. The third kappa shape index (κ3) is 5.25. The maximum absolute atomic E-state index is 6.13. The van der Waals surface area contributed by atoms with Crippen LogP contribution in [0.4, 0.5) is 5.82 Å². The molecule has 0 saturated carbocycles. The van der Waals surface area contributed by atoms with Gasteiger partial charge in [-0.15, -0.1) is 0 Å². The maximum Gasteiger partial charge on any atom is 0.122 e. The van der Waals surface area contributed by atoms with Gasteiger partial charge in [-0.25, -0.2) is 4.68 Å². The fraction of sp³-hybridized carbons (Fsp3) is 0.812. The van der Waals surface area contributed by atoms with E-state index in [0.717, 1.165) is 24.4 Å². The van der Waals surface area contributed by atoms with Crippen molar-refractivity contribution in [2.75, 3.05) is 5.73 Å². The molecule has 0 amide bonds. The van der Waals surface area contributed by atoms with Crippen LogP contribution in [0.1, 0.15) is 83.9 Å². The molecular weight excluding hydrogens is 234 g/mol. The lowest BCUT2D eigenvalue weighted by Gasteiger charge is -2.18. The number of anilines is 1. The molecule has 1 aromatic heterocycles. The van der Waals surface area contributed by atoms with Gasteiger partial charge in [0.05, 0.1) is 11.7 Å². The van der Waals surface area contributed by atoms with Crippen LogP contribution in [-0.4, -0.2) is 9.78 Å². The van der Waals surface area contributed by atoms with Gasteiger partial charge in [0.1, 0.15) is 5.82 Å². The molecule has 3 nitrogen and oxygen atoms in total. The number of aryl methyl sites for hydroxylation is 1. The fourth-order valence-electron chi connectivity index (χ4n) is 2.66. The molecule has 1 unspecified atom stereocenters. The normalized spacial score (nSPS) is 12.8. The van der Waals surface area contributed by atoms with Crippen LogP contribution in [0.3, 0.4) is 0 Å². The lowest BCUT2D eigenvalue weighted by molar-refractivity contribution is 0.381. The Bertz CT molecular complexity index is 344. The molecule has 0 fully saturated rings. The first-order chi connectivity index (χ1) is 9.22. The van der Waals surface area contributed by atoms with Gasteiger partial charge in [0.2, 0.25) is 0 Å². The lowest BCUT2D eigenvalue weighted by atomic mass is 10.0. The highest BCUT2D eigenvalue weighted by atomic mass is 15.3. The summed E-state index contributed by atoms with van der Waals surface area (Å²) in [6.07, 6.45) is 11.0. The van der Waals surface area contributed by atoms with Gasteiger partial charge < -0.3 is 5.73 Å². The zero-order chi connectivity index (χ0) is 14.1. The molecule has 2 N–H and O–H groups in total. The minimum absolute atomic E-state index is 0.493. The molecule has 3 heteroatoms. The summed E-state index contributed by atoms with van der Waals surface area (Å²) in [5, 5.41) is 4.71. The van der Waals surface area contributed by atoms with Crippen molar-refractivity contribution in [2.45, 2.75) is 84.6 Å². The molecule has 0 spiro atoms. The van der Waals surface area contributed by atoms with Gasteiger partial charge >= 0.3 is 0 Å². The molecule has 0 radical (unpaired) electrons. The number of unbranched alkanes of at least 4 members (excludes halogenated alkanes) is 3. The molecule has 19 heavy (non-hydrogen) atoms. The summed E-state index contributed by atoms with van der Waals surface area (Å²) in [7, 11) is 0. The van der Waals surface area contributed by atoms with Crippen LogP contribution in [0, 0.1) is 0 Å². The molecular formula is C16H31N3. The maximum atomic E-state index is 6.13. The van der Waals surface area contributed by atoms with E-state index in [9.17, 15) is 0 Å². The molecule has 0 aliphatic carbocycles. The smallest absolute Gasteiger partial charge is 0.122 e. The summed E-state index contributed by atoms with van der Waals surface area (Å²) in [5.74, 6) is 0.845. The van der Waals surface area contributed by atoms with E-state index < -0.39 is 0 Å². The Labute approximate surface area is 118 Å². The van der Waals surface area contributed by atoms with Crippen molar-refractivity contribution in [2.24, 2.45) is 0 Å². The Morgan fingerprint density at radius 2 is 1.84 bits per heavy atom. The number of hydrogen-bond acceptors (Lipinski definition) is 2. The molecule has 1 atom stereocenters. The number of nitrogens with zero attached hydrogens (tertiary/aromatic N) is 2. The van der Waals surface area contributed by atoms with Gasteiger partial charge in [0, 0.05) is 6.07 Å². The molecule has 110 valence electrons. The van der Waals surface area contributed by atoms with Gasteiger partial charge in [0.25, 0.3) is 0 Å². The summed E-state index contributed by atoms with van der Waals surface area (Å²) < 4.78 is 2.08. The van der Waals surface area contributed by atoms with Crippen LogP contribution < -0.4 is 5.73 Å². The summed E-state index contributed by atoms with van der Waals surface area (Å²) >= 11 is 0. The van der Waals surface area contributed by atoms with Crippen LogP contribution >= 0.6 is 0 Å². The topological polar surface area (TPSA) is 43.8 Å². The van der Waals surface area contributed by atoms with Crippen LogP contribution in [0.2, 0.25) is 0 Å². The minimum Gasteiger partial charge on any atom is -0.384 e. The van der Waals surface area contributed by atoms with E-state index in [1.807, 2.05) is 0 Å². The van der Waals surface area contributed by atoms with Crippen LogP contribution in [0.25, 0.3) is 0 Å². The molecule has 0 aliphatic rings. The van der Waals surface area contributed by atoms with Gasteiger partial charge in [-0.05, 0) is 19.3 Å². The molecule has 0 aliphatic heterocycles. The van der Waals surface area contributed by atoms with Gasteiger partial charge in [0.15, 0.2) is 0 Å². The fourth-order valence-corrected chi connectivity index (χ4v) is 2.66. The van der Waals surface area contributed by atoms with Crippen LogP contribution in [0.15, 0.2) is 6.07 Å². The van der Waals surface area contributed by atoms with Crippen molar-refractivity contribution in [3.05, 3.63) is 11.8 Å². The second kappa shape index (κ2) is 9.00. The molecule has 0 bridgehead atoms. The Morgan fingerprint density at radius 1 is 1.05 bits per heavy atom. The highest BCUT2D eigenvalue weighted by Gasteiger charge is 2.14. The van der Waals surface area contributed by atoms with Crippen LogP contribution in [0.5, 0.6) is 0 Å². The Balaban J connectivity index is 2.63. The number of hydrogen-bond donors (Lipinski definition) is 1. The summed E-state index contributed by atoms with van der Waals surface area (Å²) in [6.45, 7) is 6.68.